The summed E-state index contributed by atoms with van der Waals surface area (Å²) in [6.45, 7) is 2.21. The molecule has 18 heavy (non-hydrogen) atoms. The van der Waals surface area contributed by atoms with Crippen LogP contribution in [-0.2, 0) is 10.0 Å². The van der Waals surface area contributed by atoms with Gasteiger partial charge in [-0.1, -0.05) is 30.3 Å². The zero-order valence-electron chi connectivity index (χ0n) is 10.8. The molecule has 1 N–H and O–H groups in total. The molecule has 0 heterocycles. The molecule has 0 bridgehead atoms. The predicted molar refractivity (Wildman–Crippen MR) is 74.0 cm³/mol. The molecule has 1 aromatic carbocycles. The Morgan fingerprint density at radius 2 is 1.94 bits per heavy atom. The molecular weight excluding hydrogens is 246 g/mol. The number of nitrogens with one attached hydrogen (secondary N) is 1. The number of benzene rings is 1. The van der Waals surface area contributed by atoms with E-state index in [9.17, 15) is 8.42 Å². The van der Waals surface area contributed by atoms with Gasteiger partial charge in [-0.3, -0.25) is 0 Å². The summed E-state index contributed by atoms with van der Waals surface area (Å²) >= 11 is 0. The number of hydrogen-bond donors (Lipinski definition) is 1. The second-order valence-electron chi connectivity index (χ2n) is 4.94. The van der Waals surface area contributed by atoms with E-state index in [-0.39, 0.29) is 5.75 Å². The van der Waals surface area contributed by atoms with Crippen molar-refractivity contribution in [2.45, 2.75) is 32.1 Å². The third-order valence-corrected chi connectivity index (χ3v) is 4.98. The molecular formula is C14H21NO2S. The molecule has 1 aromatic rings. The van der Waals surface area contributed by atoms with E-state index in [1.54, 1.807) is 6.92 Å². The largest absolute Gasteiger partial charge is 0.215 e. The molecule has 0 aromatic heterocycles. The van der Waals surface area contributed by atoms with Gasteiger partial charge >= 0.3 is 0 Å². The van der Waals surface area contributed by atoms with Gasteiger partial charge < -0.3 is 0 Å². The fourth-order valence-corrected chi connectivity index (χ4v) is 2.98. The first-order valence-electron chi connectivity index (χ1n) is 6.64. The quantitative estimate of drug-likeness (QED) is 0.825. The summed E-state index contributed by atoms with van der Waals surface area (Å²) in [7, 11) is -3.05. The molecule has 4 heteroatoms. The van der Waals surface area contributed by atoms with Gasteiger partial charge in [0.05, 0.1) is 5.75 Å². The Morgan fingerprint density at radius 1 is 1.28 bits per heavy atom. The van der Waals surface area contributed by atoms with Crippen molar-refractivity contribution < 1.29 is 8.42 Å². The standard InChI is InChI=1S/C14H21NO2S/c1-2-18(16,17)15-11-10-14(13-8-9-13)12-6-4-3-5-7-12/h3-7,13-15H,2,8-11H2,1H3. The Balaban J connectivity index is 1.92. The molecule has 100 valence electrons. The second-order valence-corrected chi connectivity index (χ2v) is 7.04. The molecule has 0 amide bonds. The van der Waals surface area contributed by atoms with Gasteiger partial charge in [0.25, 0.3) is 0 Å². The summed E-state index contributed by atoms with van der Waals surface area (Å²) in [6, 6.07) is 10.4. The van der Waals surface area contributed by atoms with Gasteiger partial charge in [-0.25, -0.2) is 13.1 Å². The summed E-state index contributed by atoms with van der Waals surface area (Å²) in [5, 5.41) is 0. The molecule has 1 atom stereocenters. The third kappa shape index (κ3) is 3.82. The Bertz CT molecular complexity index is 466. The minimum absolute atomic E-state index is 0.159. The minimum atomic E-state index is -3.05. The van der Waals surface area contributed by atoms with Crippen LogP contribution < -0.4 is 4.72 Å². The first kappa shape index (κ1) is 13.6. The zero-order valence-corrected chi connectivity index (χ0v) is 11.6. The van der Waals surface area contributed by atoms with Crippen molar-refractivity contribution >= 4 is 10.0 Å². The van der Waals surface area contributed by atoms with Crippen LogP contribution in [0.1, 0.15) is 37.7 Å². The van der Waals surface area contributed by atoms with Crippen LogP contribution in [-0.4, -0.2) is 20.7 Å². The average molecular weight is 267 g/mol. The van der Waals surface area contributed by atoms with E-state index in [1.807, 2.05) is 6.07 Å². The maximum atomic E-state index is 11.4. The van der Waals surface area contributed by atoms with E-state index in [2.05, 4.69) is 29.0 Å². The Kier molecular flexibility index (Phi) is 4.40. The molecule has 0 aliphatic heterocycles. The van der Waals surface area contributed by atoms with E-state index in [1.165, 1.54) is 18.4 Å². The van der Waals surface area contributed by atoms with Crippen LogP contribution in [0, 0.1) is 5.92 Å². The fourth-order valence-electron chi connectivity index (χ4n) is 2.35. The lowest BCUT2D eigenvalue weighted by molar-refractivity contribution is 0.539. The van der Waals surface area contributed by atoms with Crippen LogP contribution in [0.4, 0.5) is 0 Å². The normalized spacial score (nSPS) is 17.6. The van der Waals surface area contributed by atoms with Gasteiger partial charge in [-0.15, -0.1) is 0 Å². The van der Waals surface area contributed by atoms with Gasteiger partial charge in [-0.2, -0.15) is 0 Å². The lowest BCUT2D eigenvalue weighted by Crippen LogP contribution is -2.27. The molecule has 1 unspecified atom stereocenters. The molecule has 0 saturated heterocycles. The SMILES string of the molecule is CCS(=O)(=O)NCCC(c1ccccc1)C1CC1. The Morgan fingerprint density at radius 3 is 2.50 bits per heavy atom. The highest BCUT2D eigenvalue weighted by Crippen LogP contribution is 2.44. The van der Waals surface area contributed by atoms with Crippen LogP contribution in [0.15, 0.2) is 30.3 Å². The Labute approximate surface area is 110 Å². The first-order chi connectivity index (χ1) is 8.62. The third-order valence-electron chi connectivity index (χ3n) is 3.58. The smallest absolute Gasteiger partial charge is 0.211 e. The van der Waals surface area contributed by atoms with Gasteiger partial charge in [0.15, 0.2) is 0 Å². The van der Waals surface area contributed by atoms with E-state index in [0.717, 1.165) is 12.3 Å². The number of hydrogen-bond acceptors (Lipinski definition) is 2. The van der Waals surface area contributed by atoms with Crippen molar-refractivity contribution in [3.05, 3.63) is 35.9 Å². The summed E-state index contributed by atoms with van der Waals surface area (Å²) < 4.78 is 25.4. The highest BCUT2D eigenvalue weighted by Gasteiger charge is 2.31. The van der Waals surface area contributed by atoms with E-state index < -0.39 is 10.0 Å². The molecule has 1 aliphatic carbocycles. The number of sulfonamides is 1. The molecule has 3 nitrogen and oxygen atoms in total. The van der Waals surface area contributed by atoms with Crippen LogP contribution in [0.2, 0.25) is 0 Å². The summed E-state index contributed by atoms with van der Waals surface area (Å²) in [6.07, 6.45) is 3.45. The van der Waals surface area contributed by atoms with Crippen LogP contribution in [0.25, 0.3) is 0 Å². The average Bonchev–Trinajstić information content (AvgIpc) is 3.20. The van der Waals surface area contributed by atoms with Gasteiger partial charge in [0, 0.05) is 6.54 Å². The molecule has 0 spiro atoms. The predicted octanol–water partition coefficient (Wildman–Crippen LogP) is 2.51. The minimum Gasteiger partial charge on any atom is -0.215 e. The van der Waals surface area contributed by atoms with Crippen molar-refractivity contribution in [1.29, 1.82) is 0 Å². The van der Waals surface area contributed by atoms with E-state index in [4.69, 9.17) is 0 Å². The summed E-state index contributed by atoms with van der Waals surface area (Å²) in [4.78, 5) is 0. The van der Waals surface area contributed by atoms with Gasteiger partial charge in [-0.05, 0) is 43.6 Å². The molecule has 0 radical (unpaired) electrons. The number of rotatable bonds is 7. The van der Waals surface area contributed by atoms with Crippen molar-refractivity contribution in [1.82, 2.24) is 4.72 Å². The van der Waals surface area contributed by atoms with E-state index in [0.29, 0.717) is 12.5 Å². The van der Waals surface area contributed by atoms with Gasteiger partial charge in [0.2, 0.25) is 10.0 Å². The molecule has 1 fully saturated rings. The molecule has 1 aliphatic rings. The van der Waals surface area contributed by atoms with Crippen LogP contribution >= 0.6 is 0 Å². The first-order valence-corrected chi connectivity index (χ1v) is 8.30. The van der Waals surface area contributed by atoms with Crippen LogP contribution in [0.3, 0.4) is 0 Å². The van der Waals surface area contributed by atoms with Crippen molar-refractivity contribution in [2.24, 2.45) is 5.92 Å². The van der Waals surface area contributed by atoms with Gasteiger partial charge in [0.1, 0.15) is 0 Å². The van der Waals surface area contributed by atoms with Crippen molar-refractivity contribution in [3.8, 4) is 0 Å². The highest BCUT2D eigenvalue weighted by molar-refractivity contribution is 7.89. The van der Waals surface area contributed by atoms with E-state index >= 15 is 0 Å². The highest BCUT2D eigenvalue weighted by atomic mass is 32.2. The monoisotopic (exact) mass is 267 g/mol. The van der Waals surface area contributed by atoms with Crippen molar-refractivity contribution in [2.75, 3.05) is 12.3 Å². The fraction of sp³-hybridized carbons (Fsp3) is 0.571. The molecule has 1 saturated carbocycles. The van der Waals surface area contributed by atoms with Crippen LogP contribution in [0.5, 0.6) is 0 Å². The summed E-state index contributed by atoms with van der Waals surface area (Å²) in [5.74, 6) is 1.41. The Hall–Kier alpha value is -0.870. The lowest BCUT2D eigenvalue weighted by atomic mass is 9.91. The maximum Gasteiger partial charge on any atom is 0.211 e. The zero-order chi connectivity index (χ0) is 13.0. The lowest BCUT2D eigenvalue weighted by Gasteiger charge is -2.17. The van der Waals surface area contributed by atoms with Crippen molar-refractivity contribution in [3.63, 3.8) is 0 Å². The summed E-state index contributed by atoms with van der Waals surface area (Å²) in [5.41, 5.74) is 1.34. The topological polar surface area (TPSA) is 46.2 Å². The maximum absolute atomic E-state index is 11.4. The molecule has 2 rings (SSSR count). The second kappa shape index (κ2) is 5.85.